The maximum Gasteiger partial charge on any atom is 0.119 e. The fourth-order valence-corrected chi connectivity index (χ4v) is 1.93. The van der Waals surface area contributed by atoms with Gasteiger partial charge in [0.25, 0.3) is 0 Å². The van der Waals surface area contributed by atoms with Gasteiger partial charge < -0.3 is 10.5 Å². The maximum absolute atomic E-state index is 11.5. The summed E-state index contributed by atoms with van der Waals surface area (Å²) in [6.07, 6.45) is 0. The molecule has 0 saturated carbocycles. The molecule has 0 saturated heterocycles. The summed E-state index contributed by atoms with van der Waals surface area (Å²) in [5, 5.41) is 0.0457. The average molecular weight is 227 g/mol. The molecule has 0 amide bonds. The van der Waals surface area contributed by atoms with Crippen LogP contribution in [0, 0.1) is 0 Å². The SMILES string of the molecule is CC(CN)S(=O)CCOc1ccccc1. The molecule has 0 fully saturated rings. The first-order valence-corrected chi connectivity index (χ1v) is 6.37. The summed E-state index contributed by atoms with van der Waals surface area (Å²) in [5.74, 6) is 1.35. The van der Waals surface area contributed by atoms with E-state index in [1.807, 2.05) is 37.3 Å². The molecule has 2 N–H and O–H groups in total. The van der Waals surface area contributed by atoms with E-state index in [9.17, 15) is 4.21 Å². The minimum absolute atomic E-state index is 0.0457. The third kappa shape index (κ3) is 4.44. The van der Waals surface area contributed by atoms with Gasteiger partial charge in [0, 0.05) is 22.6 Å². The molecule has 0 bridgehead atoms. The van der Waals surface area contributed by atoms with Gasteiger partial charge in [-0.15, -0.1) is 0 Å². The summed E-state index contributed by atoms with van der Waals surface area (Å²) in [5.41, 5.74) is 5.42. The highest BCUT2D eigenvalue weighted by Crippen LogP contribution is 2.08. The zero-order valence-corrected chi connectivity index (χ0v) is 9.70. The van der Waals surface area contributed by atoms with E-state index in [2.05, 4.69) is 0 Å². The number of rotatable bonds is 6. The predicted molar refractivity (Wildman–Crippen MR) is 63.5 cm³/mol. The van der Waals surface area contributed by atoms with Crippen molar-refractivity contribution in [2.24, 2.45) is 5.73 Å². The Labute approximate surface area is 93.1 Å². The highest BCUT2D eigenvalue weighted by atomic mass is 32.2. The molecule has 0 aliphatic heterocycles. The van der Waals surface area contributed by atoms with Crippen LogP contribution in [0.25, 0.3) is 0 Å². The zero-order chi connectivity index (χ0) is 11.1. The molecule has 0 aromatic heterocycles. The number of benzene rings is 1. The molecule has 0 aliphatic carbocycles. The summed E-state index contributed by atoms with van der Waals surface area (Å²) in [4.78, 5) is 0. The highest BCUT2D eigenvalue weighted by Gasteiger charge is 2.08. The molecule has 0 aliphatic rings. The van der Waals surface area contributed by atoms with E-state index in [0.29, 0.717) is 18.9 Å². The summed E-state index contributed by atoms with van der Waals surface area (Å²) < 4.78 is 17.0. The fourth-order valence-electron chi connectivity index (χ4n) is 1.07. The molecule has 0 heterocycles. The van der Waals surface area contributed by atoms with Crippen LogP contribution in [0.15, 0.2) is 30.3 Å². The first-order valence-electron chi connectivity index (χ1n) is 4.99. The molecule has 0 spiro atoms. The van der Waals surface area contributed by atoms with Crippen molar-refractivity contribution in [1.29, 1.82) is 0 Å². The van der Waals surface area contributed by atoms with Gasteiger partial charge in [0.05, 0.1) is 12.4 Å². The van der Waals surface area contributed by atoms with Gasteiger partial charge in [-0.3, -0.25) is 4.21 Å². The van der Waals surface area contributed by atoms with Crippen molar-refractivity contribution >= 4 is 10.8 Å². The number of para-hydroxylation sites is 1. The average Bonchev–Trinajstić information content (AvgIpc) is 2.29. The minimum Gasteiger partial charge on any atom is -0.493 e. The Morgan fingerprint density at radius 1 is 1.40 bits per heavy atom. The van der Waals surface area contributed by atoms with Crippen molar-refractivity contribution in [3.63, 3.8) is 0 Å². The Balaban J connectivity index is 2.25. The second-order valence-electron chi connectivity index (χ2n) is 3.29. The molecular formula is C11H17NO2S. The lowest BCUT2D eigenvalue weighted by molar-refractivity contribution is 0.342. The Bertz CT molecular complexity index is 303. The van der Waals surface area contributed by atoms with Crippen molar-refractivity contribution in [3.05, 3.63) is 30.3 Å². The Kier molecular flexibility index (Phi) is 5.36. The molecule has 3 nitrogen and oxygen atoms in total. The molecule has 84 valence electrons. The maximum atomic E-state index is 11.5. The molecule has 15 heavy (non-hydrogen) atoms. The number of nitrogens with two attached hydrogens (primary N) is 1. The monoisotopic (exact) mass is 227 g/mol. The van der Waals surface area contributed by atoms with Crippen LogP contribution in [0.3, 0.4) is 0 Å². The highest BCUT2D eigenvalue weighted by molar-refractivity contribution is 7.85. The van der Waals surface area contributed by atoms with Crippen molar-refractivity contribution in [1.82, 2.24) is 0 Å². The summed E-state index contributed by atoms with van der Waals surface area (Å²) in [6.45, 7) is 2.82. The summed E-state index contributed by atoms with van der Waals surface area (Å²) in [6, 6.07) is 9.52. The van der Waals surface area contributed by atoms with Gasteiger partial charge in [0.1, 0.15) is 5.75 Å². The van der Waals surface area contributed by atoms with Crippen molar-refractivity contribution in [3.8, 4) is 5.75 Å². The first kappa shape index (κ1) is 12.2. The van der Waals surface area contributed by atoms with Crippen LogP contribution in [-0.4, -0.2) is 28.4 Å². The fraction of sp³-hybridized carbons (Fsp3) is 0.455. The Morgan fingerprint density at radius 2 is 2.07 bits per heavy atom. The van der Waals surface area contributed by atoms with Gasteiger partial charge in [-0.2, -0.15) is 0 Å². The molecule has 4 heteroatoms. The standard InChI is InChI=1S/C11H17NO2S/c1-10(9-12)15(13)8-7-14-11-5-3-2-4-6-11/h2-6,10H,7-9,12H2,1H3. The van der Waals surface area contributed by atoms with Crippen LogP contribution in [0.5, 0.6) is 5.75 Å². The van der Waals surface area contributed by atoms with E-state index in [1.54, 1.807) is 0 Å². The van der Waals surface area contributed by atoms with Crippen LogP contribution in [0.2, 0.25) is 0 Å². The lowest BCUT2D eigenvalue weighted by Gasteiger charge is -2.09. The number of hydrogen-bond donors (Lipinski definition) is 1. The molecule has 1 aromatic carbocycles. The van der Waals surface area contributed by atoms with E-state index in [0.717, 1.165) is 5.75 Å². The zero-order valence-electron chi connectivity index (χ0n) is 8.89. The molecule has 2 atom stereocenters. The normalized spacial score (nSPS) is 14.5. The molecular weight excluding hydrogens is 210 g/mol. The molecule has 2 unspecified atom stereocenters. The molecule has 0 radical (unpaired) electrons. The van der Waals surface area contributed by atoms with Crippen LogP contribution in [-0.2, 0) is 10.8 Å². The van der Waals surface area contributed by atoms with Gasteiger partial charge in [-0.1, -0.05) is 18.2 Å². The van der Waals surface area contributed by atoms with Gasteiger partial charge in [-0.25, -0.2) is 0 Å². The van der Waals surface area contributed by atoms with Gasteiger partial charge in [-0.05, 0) is 19.1 Å². The van der Waals surface area contributed by atoms with Crippen LogP contribution >= 0.6 is 0 Å². The quantitative estimate of drug-likeness (QED) is 0.793. The largest absolute Gasteiger partial charge is 0.493 e. The summed E-state index contributed by atoms with van der Waals surface area (Å²) in [7, 11) is -0.888. The van der Waals surface area contributed by atoms with Crippen molar-refractivity contribution < 1.29 is 8.95 Å². The lowest BCUT2D eigenvalue weighted by Crippen LogP contribution is -2.25. The van der Waals surface area contributed by atoms with E-state index in [1.165, 1.54) is 0 Å². The minimum atomic E-state index is -0.888. The Morgan fingerprint density at radius 3 is 2.67 bits per heavy atom. The van der Waals surface area contributed by atoms with Crippen LogP contribution < -0.4 is 10.5 Å². The Hall–Kier alpha value is -0.870. The van der Waals surface area contributed by atoms with Gasteiger partial charge >= 0.3 is 0 Å². The van der Waals surface area contributed by atoms with E-state index in [4.69, 9.17) is 10.5 Å². The third-order valence-corrected chi connectivity index (χ3v) is 3.74. The predicted octanol–water partition coefficient (Wildman–Crippen LogP) is 1.16. The lowest BCUT2D eigenvalue weighted by atomic mass is 10.3. The van der Waals surface area contributed by atoms with Crippen LogP contribution in [0.4, 0.5) is 0 Å². The number of ether oxygens (including phenoxy) is 1. The van der Waals surface area contributed by atoms with E-state index >= 15 is 0 Å². The molecule has 1 rings (SSSR count). The van der Waals surface area contributed by atoms with Crippen molar-refractivity contribution in [2.75, 3.05) is 18.9 Å². The second kappa shape index (κ2) is 6.58. The topological polar surface area (TPSA) is 52.3 Å². The summed E-state index contributed by atoms with van der Waals surface area (Å²) >= 11 is 0. The third-order valence-electron chi connectivity index (χ3n) is 2.08. The van der Waals surface area contributed by atoms with Crippen LogP contribution in [0.1, 0.15) is 6.92 Å². The van der Waals surface area contributed by atoms with Gasteiger partial charge in [0.15, 0.2) is 0 Å². The number of hydrogen-bond acceptors (Lipinski definition) is 3. The molecule has 1 aromatic rings. The van der Waals surface area contributed by atoms with Crippen molar-refractivity contribution in [2.45, 2.75) is 12.2 Å². The smallest absolute Gasteiger partial charge is 0.119 e. The second-order valence-corrected chi connectivity index (χ2v) is 5.27. The first-order chi connectivity index (χ1) is 7.24. The van der Waals surface area contributed by atoms with Gasteiger partial charge in [0.2, 0.25) is 0 Å². The van der Waals surface area contributed by atoms with E-state index in [-0.39, 0.29) is 5.25 Å². The van der Waals surface area contributed by atoms with E-state index < -0.39 is 10.8 Å².